The number of hydrogen-bond acceptors (Lipinski definition) is 14. The largest absolute Gasteiger partial charge is 0.508 e. The maximum atomic E-state index is 14.9. The zero-order valence-corrected chi connectivity index (χ0v) is 48.5. The molecule has 0 saturated carbocycles. The van der Waals surface area contributed by atoms with Crippen molar-refractivity contribution in [2.24, 2.45) is 23.1 Å². The minimum Gasteiger partial charge on any atom is -0.508 e. The number of carbonyl (C=O) groups is 9. The maximum absolute atomic E-state index is 14.9. The van der Waals surface area contributed by atoms with Crippen LogP contribution in [-0.4, -0.2) is 140 Å². The summed E-state index contributed by atoms with van der Waals surface area (Å²) in [6, 6.07) is 19.5. The van der Waals surface area contributed by atoms with Gasteiger partial charge in [-0.15, -0.1) is 0 Å². The van der Waals surface area contributed by atoms with Crippen LogP contribution in [-0.2, 0) is 68.8 Å². The molecule has 0 bridgehead atoms. The molecule has 0 radical (unpaired) electrons. The van der Waals surface area contributed by atoms with Crippen molar-refractivity contribution in [3.8, 4) is 5.75 Å². The summed E-state index contributed by atoms with van der Waals surface area (Å²) in [5, 5.41) is 38.7. The molecule has 23 nitrogen and oxygen atoms in total. The monoisotopic (exact) mass is 1190 g/mol. The van der Waals surface area contributed by atoms with Crippen LogP contribution in [0.5, 0.6) is 5.75 Å². The lowest BCUT2D eigenvalue weighted by molar-refractivity contribution is -0.136. The summed E-state index contributed by atoms with van der Waals surface area (Å²) in [6.07, 6.45) is 4.31. The molecule has 3 heterocycles. The van der Waals surface area contributed by atoms with E-state index in [-0.39, 0.29) is 55.9 Å². The number of benzene rings is 4. The summed E-state index contributed by atoms with van der Waals surface area (Å²) >= 11 is 0. The Bertz CT molecular complexity index is 3230. The molecule has 1 saturated heterocycles. The first-order valence-corrected chi connectivity index (χ1v) is 29.9. The lowest BCUT2D eigenvalue weighted by atomic mass is 10.00. The average molecular weight is 1190 g/mol. The fraction of sp³-hybridized carbons (Fsp3) is 0.373. The van der Waals surface area contributed by atoms with E-state index < -0.39 is 107 Å². The number of unbranched alkanes of at least 4 members (excludes halogenated alkanes) is 1. The van der Waals surface area contributed by atoms with Crippen molar-refractivity contribution in [3.05, 3.63) is 138 Å². The highest BCUT2D eigenvalue weighted by molar-refractivity contribution is 8.76. The van der Waals surface area contributed by atoms with E-state index in [2.05, 4.69) is 47.2 Å². The van der Waals surface area contributed by atoms with Gasteiger partial charge in [-0.05, 0) is 84.7 Å². The van der Waals surface area contributed by atoms with E-state index in [4.69, 9.17) is 27.1 Å². The zero-order valence-electron chi connectivity index (χ0n) is 46.9. The molecule has 8 amide bonds. The van der Waals surface area contributed by atoms with Gasteiger partial charge in [0.2, 0.25) is 47.3 Å². The van der Waals surface area contributed by atoms with Gasteiger partial charge in [-0.3, -0.25) is 43.2 Å². The number of nitrogens with one attached hydrogen (secondary N) is 9. The third-order valence-electron chi connectivity index (χ3n) is 13.8. The average Bonchev–Trinajstić information content (AvgIpc) is 4.31. The van der Waals surface area contributed by atoms with Crippen LogP contribution >= 0.6 is 21.6 Å². The first kappa shape index (κ1) is 64.8. The van der Waals surface area contributed by atoms with Crippen LogP contribution in [0.25, 0.3) is 21.8 Å². The number of rotatable bonds is 18. The highest BCUT2D eigenvalue weighted by Crippen LogP contribution is 2.25. The molecule has 7 rings (SSSR count). The molecule has 6 aromatic rings. The Morgan fingerprint density at radius 2 is 1.19 bits per heavy atom. The molecular weight excluding hydrogens is 1120 g/mol. The quantitative estimate of drug-likeness (QED) is 0.0433. The number of carboxylic acids is 1. The number of carboxylic acid groups (broad SMARTS) is 1. The SMILES string of the molecule is CC(=O)O.CC(C)[C@@H]1NC(=O)C(CCCCN)NC(=O)C(Cc2c[nH]c3ccccc23)NC(=O)[C@H](Cc2ccc(O)cc2)NC(=O)C(NC(=O)[C@H](N)Cc2ccccc2)CSSC[C@@H](C(=O)N[C@@H](Cc2c[nH]c3ccccc23)C(N)=O)NC1=O. The number of H-pyrrole nitrogens is 2. The first-order valence-electron chi connectivity index (χ1n) is 27.4. The molecule has 8 atom stereocenters. The lowest BCUT2D eigenvalue weighted by Gasteiger charge is -2.29. The van der Waals surface area contributed by atoms with Crippen LogP contribution in [0, 0.1) is 5.92 Å². The van der Waals surface area contributed by atoms with Crippen LogP contribution in [0.15, 0.2) is 116 Å². The van der Waals surface area contributed by atoms with Gasteiger partial charge >= 0.3 is 0 Å². The number of primary amides is 1. The fourth-order valence-electron chi connectivity index (χ4n) is 9.29. The number of aliphatic carboxylic acids is 1. The van der Waals surface area contributed by atoms with Crippen LogP contribution < -0.4 is 54.4 Å². The predicted octanol–water partition coefficient (Wildman–Crippen LogP) is 2.10. The summed E-state index contributed by atoms with van der Waals surface area (Å²) in [7, 11) is 2.13. The van der Waals surface area contributed by atoms with E-state index in [1.807, 2.05) is 66.7 Å². The summed E-state index contributed by atoms with van der Waals surface area (Å²) in [6.45, 7) is 4.76. The number of phenols is 1. The van der Waals surface area contributed by atoms with Gasteiger partial charge in [0, 0.05) is 71.9 Å². The molecule has 0 spiro atoms. The molecule has 3 unspecified atom stereocenters. The molecule has 448 valence electrons. The lowest BCUT2D eigenvalue weighted by Crippen LogP contribution is -2.61. The van der Waals surface area contributed by atoms with E-state index in [1.54, 1.807) is 50.5 Å². The van der Waals surface area contributed by atoms with Crippen LogP contribution in [0.1, 0.15) is 62.3 Å². The van der Waals surface area contributed by atoms with E-state index in [9.17, 15) is 43.5 Å². The number of nitrogens with two attached hydrogens (primary N) is 3. The molecule has 25 heteroatoms. The Balaban J connectivity index is 0.00000274. The van der Waals surface area contributed by atoms with Crippen molar-refractivity contribution < 1.29 is 53.4 Å². The second-order valence-electron chi connectivity index (χ2n) is 20.7. The minimum absolute atomic E-state index is 0.00683. The highest BCUT2D eigenvalue weighted by Gasteiger charge is 2.36. The Kier molecular flexibility index (Phi) is 24.6. The number of hydrogen-bond donors (Lipinski definition) is 14. The Morgan fingerprint density at radius 3 is 1.81 bits per heavy atom. The molecular formula is C59H74N12O11S2. The summed E-state index contributed by atoms with van der Waals surface area (Å²) in [5.74, 6) is -7.90. The number of phenolic OH excluding ortho intramolecular Hbond substituents is 1. The molecule has 1 aliphatic heterocycles. The summed E-state index contributed by atoms with van der Waals surface area (Å²) < 4.78 is 0. The third kappa shape index (κ3) is 19.4. The first-order chi connectivity index (χ1) is 40.2. The van der Waals surface area contributed by atoms with Crippen molar-refractivity contribution in [1.29, 1.82) is 0 Å². The molecule has 1 aliphatic rings. The van der Waals surface area contributed by atoms with Gasteiger partial charge in [0.25, 0.3) is 5.97 Å². The Morgan fingerprint density at radius 1 is 0.643 bits per heavy atom. The Labute approximate surface area is 493 Å². The van der Waals surface area contributed by atoms with Gasteiger partial charge in [-0.2, -0.15) is 0 Å². The molecule has 84 heavy (non-hydrogen) atoms. The van der Waals surface area contributed by atoms with E-state index in [0.717, 1.165) is 55.9 Å². The van der Waals surface area contributed by atoms with Gasteiger partial charge in [-0.25, -0.2) is 0 Å². The van der Waals surface area contributed by atoms with Gasteiger partial charge < -0.3 is 74.6 Å². The van der Waals surface area contributed by atoms with E-state index in [0.29, 0.717) is 29.5 Å². The number of amides is 8. The van der Waals surface area contributed by atoms with E-state index in [1.165, 1.54) is 12.1 Å². The van der Waals surface area contributed by atoms with Crippen molar-refractivity contribution in [2.45, 2.75) is 114 Å². The normalized spacial score (nSPS) is 20.1. The standard InChI is InChI=1S/C57H70N12O9S2.C2H4O2/c1-32(2)49-57(78)68-48(55(76)64-44(50(60)71)26-35-28-61-41-16-8-6-14-38(35)41)31-80-79-30-47(67-51(72)40(59)24-33-12-4-3-5-13-33)56(77)65-45(25-34-19-21-37(70)22-20-34)53(74)66-46(27-36-29-62-42-17-9-7-15-39(36)42)54(75)63-43(52(73)69-49)18-10-11-23-58;1-2(3)4/h3-9,12-17,19-22,28-29,32,40,43-49,61-62,70H,10-11,18,23-27,30-31,58-59H2,1-2H3,(H2,60,71)(H,63,75)(H,64,76)(H,65,77)(H,66,74)(H,67,72)(H,68,78)(H,69,73);1H3,(H,3,4)/t40-,43?,44+,45+,46?,47?,48+,49+;/m1./s1. The molecule has 4 aromatic carbocycles. The molecule has 2 aromatic heterocycles. The minimum atomic E-state index is -1.40. The smallest absolute Gasteiger partial charge is 0.300 e. The van der Waals surface area contributed by atoms with Crippen LogP contribution in [0.3, 0.4) is 0 Å². The second kappa shape index (κ2) is 31.9. The molecule has 17 N–H and O–H groups in total. The predicted molar refractivity (Wildman–Crippen MR) is 323 cm³/mol. The number of aromatic hydroxyl groups is 1. The number of aromatic amines is 2. The fourth-order valence-corrected chi connectivity index (χ4v) is 11.6. The molecule has 0 aliphatic carbocycles. The van der Waals surface area contributed by atoms with Gasteiger partial charge in [-0.1, -0.05) is 114 Å². The summed E-state index contributed by atoms with van der Waals surface area (Å²) in [4.78, 5) is 130. The number of para-hydroxylation sites is 2. The highest BCUT2D eigenvalue weighted by atomic mass is 33.1. The second-order valence-corrected chi connectivity index (χ2v) is 23.2. The van der Waals surface area contributed by atoms with Crippen LogP contribution in [0.4, 0.5) is 0 Å². The Hall–Kier alpha value is -8.39. The molecule has 1 fully saturated rings. The zero-order chi connectivity index (χ0) is 60.9. The van der Waals surface area contributed by atoms with Crippen molar-refractivity contribution in [2.75, 3.05) is 18.1 Å². The van der Waals surface area contributed by atoms with Gasteiger partial charge in [0.05, 0.1) is 6.04 Å². The number of fused-ring (bicyclic) bond motifs is 2. The third-order valence-corrected chi connectivity index (χ3v) is 16.2. The number of carbonyl (C=O) groups excluding carboxylic acids is 8. The van der Waals surface area contributed by atoms with Gasteiger partial charge in [0.15, 0.2) is 0 Å². The maximum Gasteiger partial charge on any atom is 0.300 e. The topological polar surface area (TPSA) is 388 Å². The van der Waals surface area contributed by atoms with Crippen molar-refractivity contribution in [3.63, 3.8) is 0 Å². The van der Waals surface area contributed by atoms with Crippen molar-refractivity contribution >= 4 is 96.6 Å². The van der Waals surface area contributed by atoms with Crippen molar-refractivity contribution in [1.82, 2.24) is 47.2 Å². The van der Waals surface area contributed by atoms with Gasteiger partial charge in [0.1, 0.15) is 48.0 Å². The summed E-state index contributed by atoms with van der Waals surface area (Å²) in [5.41, 5.74) is 22.4. The number of aromatic nitrogens is 2. The van der Waals surface area contributed by atoms with E-state index >= 15 is 0 Å². The van der Waals surface area contributed by atoms with Crippen LogP contribution in [0.2, 0.25) is 0 Å².